The van der Waals surface area contributed by atoms with E-state index in [1.165, 1.54) is 25.3 Å². The van der Waals surface area contributed by atoms with Crippen molar-refractivity contribution < 1.29 is 18.7 Å². The van der Waals surface area contributed by atoms with Crippen LogP contribution in [0.15, 0.2) is 60.7 Å². The Morgan fingerprint density at radius 1 is 1.06 bits per heavy atom. The molecule has 1 aromatic heterocycles. The number of H-pyrrole nitrogens is 1. The van der Waals surface area contributed by atoms with Crippen molar-refractivity contribution in [3.8, 4) is 5.75 Å². The van der Waals surface area contributed by atoms with E-state index < -0.39 is 5.91 Å². The molecule has 4 rings (SSSR count). The van der Waals surface area contributed by atoms with Gasteiger partial charge in [0, 0.05) is 6.42 Å². The predicted octanol–water partition coefficient (Wildman–Crippen LogP) is 3.96. The maximum Gasteiger partial charge on any atom is 0.273 e. The average Bonchev–Trinajstić information content (AvgIpc) is 3.24. The highest BCUT2D eigenvalue weighted by molar-refractivity contribution is 6.35. The lowest BCUT2D eigenvalue weighted by Gasteiger charge is -2.11. The molecule has 9 heteroatoms. The van der Waals surface area contributed by atoms with Gasteiger partial charge in [-0.15, -0.1) is 0 Å². The topological polar surface area (TPSA) is 96.1 Å². The lowest BCUT2D eigenvalue weighted by atomic mass is 10.1. The van der Waals surface area contributed by atoms with Crippen molar-refractivity contribution in [2.24, 2.45) is 0 Å². The number of hydrogen-bond donors (Lipinski definition) is 3. The fraction of sp³-hybridized carbons (Fsp3) is 0.125. The lowest BCUT2D eigenvalue weighted by molar-refractivity contribution is -0.121. The van der Waals surface area contributed by atoms with Crippen LogP contribution in [0.2, 0.25) is 5.02 Å². The van der Waals surface area contributed by atoms with Crippen LogP contribution in [0.25, 0.3) is 11.0 Å². The van der Waals surface area contributed by atoms with Crippen molar-refractivity contribution in [1.29, 1.82) is 0 Å². The zero-order chi connectivity index (χ0) is 23.4. The number of benzene rings is 3. The lowest BCUT2D eigenvalue weighted by Crippen LogP contribution is -2.42. The van der Waals surface area contributed by atoms with Crippen molar-refractivity contribution in [2.45, 2.75) is 12.8 Å². The van der Waals surface area contributed by atoms with Crippen LogP contribution in [0.3, 0.4) is 0 Å². The van der Waals surface area contributed by atoms with Gasteiger partial charge in [0.2, 0.25) is 5.91 Å². The van der Waals surface area contributed by atoms with Crippen LogP contribution in [0.1, 0.15) is 27.3 Å². The molecule has 0 saturated heterocycles. The van der Waals surface area contributed by atoms with Crippen molar-refractivity contribution in [3.05, 3.63) is 94.0 Å². The molecule has 3 aromatic carbocycles. The second-order valence-electron chi connectivity index (χ2n) is 7.31. The van der Waals surface area contributed by atoms with Gasteiger partial charge in [-0.3, -0.25) is 20.4 Å². The number of carbonyl (C=O) groups excluding carboxylic acids is 2. The van der Waals surface area contributed by atoms with Crippen molar-refractivity contribution in [3.63, 3.8) is 0 Å². The maximum absolute atomic E-state index is 13.2. The van der Waals surface area contributed by atoms with Gasteiger partial charge in [0.1, 0.15) is 17.2 Å². The number of amides is 2. The van der Waals surface area contributed by atoms with Crippen molar-refractivity contribution >= 4 is 34.4 Å². The Bertz CT molecular complexity index is 1310. The quantitative estimate of drug-likeness (QED) is 0.375. The molecule has 0 aliphatic carbocycles. The minimum absolute atomic E-state index is 0.115. The van der Waals surface area contributed by atoms with Crippen LogP contribution in [0.5, 0.6) is 5.75 Å². The number of ether oxygens (including phenoxy) is 1. The standard InChI is InChI=1S/C24H20ClFN4O3/c1-33-23-17(24(32)30-29-20(31)12-14-5-3-2-4-6-14)13-18(25)21-22(23)28-19(27-21)11-15-7-9-16(26)10-8-15/h2-10,13H,11-12H2,1H3,(H,27,28)(H,29,31)(H,30,32). The van der Waals surface area contributed by atoms with Gasteiger partial charge in [-0.25, -0.2) is 9.37 Å². The van der Waals surface area contributed by atoms with Crippen molar-refractivity contribution in [2.75, 3.05) is 7.11 Å². The van der Waals surface area contributed by atoms with E-state index >= 15 is 0 Å². The minimum atomic E-state index is -0.597. The monoisotopic (exact) mass is 466 g/mol. The van der Waals surface area contributed by atoms with Crippen molar-refractivity contribution in [1.82, 2.24) is 20.8 Å². The molecule has 33 heavy (non-hydrogen) atoms. The van der Waals surface area contributed by atoms with E-state index in [1.54, 1.807) is 12.1 Å². The van der Waals surface area contributed by atoms with Crippen LogP contribution >= 0.6 is 11.6 Å². The fourth-order valence-corrected chi connectivity index (χ4v) is 3.67. The number of hydrogen-bond acceptors (Lipinski definition) is 4. The number of rotatable bonds is 6. The van der Waals surface area contributed by atoms with Gasteiger partial charge in [0.25, 0.3) is 5.91 Å². The molecule has 0 saturated carbocycles. The number of nitrogens with zero attached hydrogens (tertiary/aromatic N) is 1. The van der Waals surface area contributed by atoms with Crippen LogP contribution < -0.4 is 15.6 Å². The molecule has 0 aliphatic rings. The zero-order valence-electron chi connectivity index (χ0n) is 17.6. The first-order valence-electron chi connectivity index (χ1n) is 10.1. The van der Waals surface area contributed by atoms with E-state index in [0.717, 1.165) is 11.1 Å². The number of nitrogens with one attached hydrogen (secondary N) is 3. The van der Waals surface area contributed by atoms with Gasteiger partial charge in [0.15, 0.2) is 5.75 Å². The third-order valence-corrected chi connectivity index (χ3v) is 5.28. The summed E-state index contributed by atoms with van der Waals surface area (Å²) in [7, 11) is 1.42. The molecule has 2 amide bonds. The first kappa shape index (κ1) is 22.3. The number of carbonyl (C=O) groups is 2. The molecule has 7 nitrogen and oxygen atoms in total. The number of hydrazine groups is 1. The molecule has 0 aliphatic heterocycles. The molecule has 0 atom stereocenters. The predicted molar refractivity (Wildman–Crippen MR) is 123 cm³/mol. The Labute approximate surface area is 193 Å². The number of imidazole rings is 1. The molecular formula is C24H20ClFN4O3. The van der Waals surface area contributed by atoms with Gasteiger partial charge in [0.05, 0.1) is 29.6 Å². The molecule has 1 heterocycles. The number of fused-ring (bicyclic) bond motifs is 1. The summed E-state index contributed by atoms with van der Waals surface area (Å²) >= 11 is 6.40. The molecular weight excluding hydrogens is 447 g/mol. The summed E-state index contributed by atoms with van der Waals surface area (Å²) in [5.41, 5.74) is 7.46. The van der Waals surface area contributed by atoms with Crippen LogP contribution in [0.4, 0.5) is 4.39 Å². The number of methoxy groups -OCH3 is 1. The molecule has 0 unspecified atom stereocenters. The highest BCUT2D eigenvalue weighted by atomic mass is 35.5. The highest BCUT2D eigenvalue weighted by Crippen LogP contribution is 2.34. The molecule has 0 spiro atoms. The second-order valence-corrected chi connectivity index (χ2v) is 7.72. The summed E-state index contributed by atoms with van der Waals surface area (Å²) in [6.07, 6.45) is 0.523. The number of halogens is 2. The molecule has 0 radical (unpaired) electrons. The molecule has 0 fully saturated rings. The van der Waals surface area contributed by atoms with Crippen LogP contribution in [0, 0.1) is 5.82 Å². The first-order chi connectivity index (χ1) is 15.9. The SMILES string of the molecule is COc1c(C(=O)NNC(=O)Cc2ccccc2)cc(Cl)c2[nH]c(Cc3ccc(F)cc3)nc12. The third kappa shape index (κ3) is 5.12. The van der Waals surface area contributed by atoms with Gasteiger partial charge < -0.3 is 9.72 Å². The Balaban J connectivity index is 1.53. The Morgan fingerprint density at radius 2 is 1.79 bits per heavy atom. The summed E-state index contributed by atoms with van der Waals surface area (Å²) in [4.78, 5) is 32.6. The second kappa shape index (κ2) is 9.70. The third-order valence-electron chi connectivity index (χ3n) is 4.98. The largest absolute Gasteiger partial charge is 0.494 e. The Morgan fingerprint density at radius 3 is 2.48 bits per heavy atom. The molecule has 168 valence electrons. The summed E-state index contributed by atoms with van der Waals surface area (Å²) in [6, 6.07) is 16.7. The summed E-state index contributed by atoms with van der Waals surface area (Å²) in [5, 5.41) is 0.268. The molecule has 3 N–H and O–H groups in total. The number of aromatic nitrogens is 2. The van der Waals surface area contributed by atoms with E-state index in [0.29, 0.717) is 23.3 Å². The fourth-order valence-electron chi connectivity index (χ4n) is 3.43. The molecule has 0 bridgehead atoms. The van der Waals surface area contributed by atoms with Gasteiger partial charge in [-0.1, -0.05) is 54.1 Å². The molecule has 4 aromatic rings. The summed E-state index contributed by atoms with van der Waals surface area (Å²) < 4.78 is 18.6. The van der Waals surface area contributed by atoms with E-state index in [-0.39, 0.29) is 34.5 Å². The normalized spacial score (nSPS) is 10.8. The average molecular weight is 467 g/mol. The minimum Gasteiger partial charge on any atom is -0.494 e. The Kier molecular flexibility index (Phi) is 6.55. The number of aromatic amines is 1. The summed E-state index contributed by atoms with van der Waals surface area (Å²) in [6.45, 7) is 0. The smallest absolute Gasteiger partial charge is 0.273 e. The van der Waals surface area contributed by atoms with E-state index in [9.17, 15) is 14.0 Å². The first-order valence-corrected chi connectivity index (χ1v) is 10.4. The van der Waals surface area contributed by atoms with Gasteiger partial charge in [-0.2, -0.15) is 0 Å². The maximum atomic E-state index is 13.2. The van der Waals surface area contributed by atoms with E-state index in [1.807, 2.05) is 30.3 Å². The Hall–Kier alpha value is -3.91. The van der Waals surface area contributed by atoms with E-state index in [2.05, 4.69) is 20.8 Å². The van der Waals surface area contributed by atoms with E-state index in [4.69, 9.17) is 16.3 Å². The zero-order valence-corrected chi connectivity index (χ0v) is 18.4. The van der Waals surface area contributed by atoms with Crippen LogP contribution in [-0.2, 0) is 17.6 Å². The summed E-state index contributed by atoms with van der Waals surface area (Å²) in [5.74, 6) is -0.502. The van der Waals surface area contributed by atoms with Gasteiger partial charge in [-0.05, 0) is 29.3 Å². The van der Waals surface area contributed by atoms with Gasteiger partial charge >= 0.3 is 0 Å². The highest BCUT2D eigenvalue weighted by Gasteiger charge is 2.21. The van der Waals surface area contributed by atoms with Crippen LogP contribution in [-0.4, -0.2) is 28.9 Å².